The Balaban J connectivity index is 1.76. The van der Waals surface area contributed by atoms with Gasteiger partial charge in [0.25, 0.3) is 5.69 Å². The van der Waals surface area contributed by atoms with Gasteiger partial charge >= 0.3 is 0 Å². The van der Waals surface area contributed by atoms with Crippen molar-refractivity contribution in [2.45, 2.75) is 0 Å². The Morgan fingerprint density at radius 3 is 2.58 bits per heavy atom. The van der Waals surface area contributed by atoms with E-state index in [4.69, 9.17) is 5.26 Å². The molecule has 3 rings (SSSR count). The summed E-state index contributed by atoms with van der Waals surface area (Å²) in [5.74, 6) is -0.153. The lowest BCUT2D eigenvalue weighted by molar-refractivity contribution is -0.384. The topological polar surface area (TPSA) is 84.0 Å². The summed E-state index contributed by atoms with van der Waals surface area (Å²) in [5, 5.41) is 19.7. The number of nitro benzene ring substituents is 1. The second-order valence-electron chi connectivity index (χ2n) is 5.40. The Bertz CT molecular complexity index is 1040. The average molecular weight is 360 g/mol. The van der Waals surface area contributed by atoms with Crippen LogP contribution in [-0.4, -0.2) is 10.7 Å². The largest absolute Gasteiger partial charge is 0.289 e. The van der Waals surface area contributed by atoms with Crippen LogP contribution in [0.1, 0.15) is 20.8 Å². The zero-order chi connectivity index (χ0) is 18.5. The molecule has 0 radical (unpaired) electrons. The predicted octanol–water partition coefficient (Wildman–Crippen LogP) is 5.09. The van der Waals surface area contributed by atoms with Crippen LogP contribution in [-0.2, 0) is 0 Å². The zero-order valence-electron chi connectivity index (χ0n) is 13.5. The molecular formula is C20H12N2O3S. The van der Waals surface area contributed by atoms with E-state index in [-0.39, 0.29) is 11.5 Å². The van der Waals surface area contributed by atoms with Crippen molar-refractivity contribution in [1.82, 2.24) is 0 Å². The first-order valence-corrected chi connectivity index (χ1v) is 8.46. The van der Waals surface area contributed by atoms with E-state index >= 15 is 0 Å². The van der Waals surface area contributed by atoms with Crippen molar-refractivity contribution in [2.24, 2.45) is 0 Å². The van der Waals surface area contributed by atoms with Gasteiger partial charge in [0, 0.05) is 27.5 Å². The van der Waals surface area contributed by atoms with E-state index in [1.165, 1.54) is 29.5 Å². The lowest BCUT2D eigenvalue weighted by atomic mass is 10.1. The quantitative estimate of drug-likeness (QED) is 0.274. The van der Waals surface area contributed by atoms with Crippen LogP contribution in [0.15, 0.2) is 66.7 Å². The van der Waals surface area contributed by atoms with Gasteiger partial charge in [-0.05, 0) is 54.1 Å². The van der Waals surface area contributed by atoms with Crippen LogP contribution >= 0.6 is 11.3 Å². The fraction of sp³-hybridized carbons (Fsp3) is 0. The number of hydrogen-bond donors (Lipinski definition) is 0. The molecule has 0 amide bonds. The van der Waals surface area contributed by atoms with Crippen molar-refractivity contribution < 1.29 is 9.72 Å². The second-order valence-corrected chi connectivity index (χ2v) is 6.51. The maximum absolute atomic E-state index is 12.2. The van der Waals surface area contributed by atoms with E-state index in [0.29, 0.717) is 11.1 Å². The Morgan fingerprint density at radius 1 is 1.12 bits per heavy atom. The maximum Gasteiger partial charge on any atom is 0.270 e. The highest BCUT2D eigenvalue weighted by Crippen LogP contribution is 2.31. The summed E-state index contributed by atoms with van der Waals surface area (Å²) in [7, 11) is 0. The summed E-state index contributed by atoms with van der Waals surface area (Å²) in [4.78, 5) is 24.4. The number of non-ortho nitro benzene ring substituents is 1. The van der Waals surface area contributed by atoms with Gasteiger partial charge in [-0.3, -0.25) is 14.9 Å². The van der Waals surface area contributed by atoms with Gasteiger partial charge in [-0.25, -0.2) is 0 Å². The van der Waals surface area contributed by atoms with E-state index in [1.807, 2.05) is 24.3 Å². The third-order valence-corrected chi connectivity index (χ3v) is 4.77. The van der Waals surface area contributed by atoms with Crippen molar-refractivity contribution in [2.75, 3.05) is 0 Å². The minimum atomic E-state index is -0.422. The molecule has 0 unspecified atom stereocenters. The molecule has 1 heterocycles. The van der Waals surface area contributed by atoms with Gasteiger partial charge in [0.1, 0.15) is 0 Å². The Kier molecular flexibility index (Phi) is 5.02. The van der Waals surface area contributed by atoms with Crippen molar-refractivity contribution in [3.8, 4) is 16.5 Å². The summed E-state index contributed by atoms with van der Waals surface area (Å²) in [5.41, 5.74) is 1.83. The van der Waals surface area contributed by atoms with Crippen LogP contribution in [0.3, 0.4) is 0 Å². The molecule has 0 atom stereocenters. The number of nitro groups is 1. The van der Waals surface area contributed by atoms with Crippen molar-refractivity contribution in [3.63, 3.8) is 0 Å². The molecule has 6 heteroatoms. The minimum Gasteiger partial charge on any atom is -0.289 e. The molecule has 0 aliphatic carbocycles. The number of benzene rings is 2. The number of hydrogen-bond acceptors (Lipinski definition) is 5. The summed E-state index contributed by atoms with van der Waals surface area (Å²) < 4.78 is 0. The summed E-state index contributed by atoms with van der Waals surface area (Å²) in [6.07, 6.45) is 3.19. The second kappa shape index (κ2) is 7.55. The first-order chi connectivity index (χ1) is 12.6. The maximum atomic E-state index is 12.2. The van der Waals surface area contributed by atoms with E-state index < -0.39 is 4.92 Å². The number of carbonyl (C=O) groups excluding carboxylic acids is 1. The molecule has 2 aromatic carbocycles. The van der Waals surface area contributed by atoms with Crippen molar-refractivity contribution in [3.05, 3.63) is 92.9 Å². The molecule has 0 saturated carbocycles. The molecular weight excluding hydrogens is 348 g/mol. The monoisotopic (exact) mass is 360 g/mol. The van der Waals surface area contributed by atoms with E-state index in [2.05, 4.69) is 0 Å². The molecule has 126 valence electrons. The first kappa shape index (κ1) is 17.3. The third-order valence-electron chi connectivity index (χ3n) is 3.67. The van der Waals surface area contributed by atoms with Crippen molar-refractivity contribution >= 4 is 28.9 Å². The summed E-state index contributed by atoms with van der Waals surface area (Å²) in [6.45, 7) is 0. The number of nitriles is 1. The van der Waals surface area contributed by atoms with Gasteiger partial charge in [-0.2, -0.15) is 5.26 Å². The number of carbonyl (C=O) groups is 1. The Labute approximate surface area is 153 Å². The average Bonchev–Trinajstić information content (AvgIpc) is 3.15. The van der Waals surface area contributed by atoms with Gasteiger partial charge in [0.2, 0.25) is 0 Å². The number of nitrogens with zero attached hydrogens (tertiary/aromatic N) is 2. The van der Waals surface area contributed by atoms with Gasteiger partial charge in [0.15, 0.2) is 5.78 Å². The van der Waals surface area contributed by atoms with E-state index in [0.717, 1.165) is 15.3 Å². The lowest BCUT2D eigenvalue weighted by Crippen LogP contribution is -1.93. The minimum absolute atomic E-state index is 0.0454. The third kappa shape index (κ3) is 3.91. The van der Waals surface area contributed by atoms with E-state index in [9.17, 15) is 14.9 Å². The highest BCUT2D eigenvalue weighted by Gasteiger charge is 2.09. The SMILES string of the molecule is N#Cc1ccc(C(=O)/C=C/c2ccc(-c3cccc([N+](=O)[O-])c3)s2)cc1. The van der Waals surface area contributed by atoms with Crippen LogP contribution in [0.4, 0.5) is 5.69 Å². The van der Waals surface area contributed by atoms with Gasteiger partial charge in [-0.1, -0.05) is 12.1 Å². The molecule has 0 fully saturated rings. The van der Waals surface area contributed by atoms with Gasteiger partial charge in [0.05, 0.1) is 16.6 Å². The molecule has 0 N–H and O–H groups in total. The summed E-state index contributed by atoms with van der Waals surface area (Å²) in [6, 6.07) is 18.6. The fourth-order valence-corrected chi connectivity index (χ4v) is 3.24. The molecule has 3 aromatic rings. The zero-order valence-corrected chi connectivity index (χ0v) is 14.3. The Hall–Kier alpha value is -3.56. The smallest absolute Gasteiger partial charge is 0.270 e. The number of allylic oxidation sites excluding steroid dienone is 1. The Morgan fingerprint density at radius 2 is 1.88 bits per heavy atom. The van der Waals surface area contributed by atoms with Gasteiger partial charge in [-0.15, -0.1) is 11.3 Å². The van der Waals surface area contributed by atoms with Crippen LogP contribution in [0.25, 0.3) is 16.5 Å². The molecule has 0 spiro atoms. The number of rotatable bonds is 5. The van der Waals surface area contributed by atoms with Crippen molar-refractivity contribution in [1.29, 1.82) is 5.26 Å². The highest BCUT2D eigenvalue weighted by molar-refractivity contribution is 7.16. The molecule has 0 saturated heterocycles. The number of thiophene rings is 1. The standard InChI is InChI=1S/C20H12N2O3S/c21-13-14-4-6-15(7-5-14)19(23)10-8-18-9-11-20(26-18)16-2-1-3-17(12-16)22(24)25/h1-12H/b10-8+. The molecule has 0 aliphatic heterocycles. The highest BCUT2D eigenvalue weighted by atomic mass is 32.1. The molecule has 0 aliphatic rings. The predicted molar refractivity (Wildman–Crippen MR) is 101 cm³/mol. The van der Waals surface area contributed by atoms with Crippen LogP contribution in [0.2, 0.25) is 0 Å². The molecule has 1 aromatic heterocycles. The van der Waals surface area contributed by atoms with Crippen LogP contribution < -0.4 is 0 Å². The van der Waals surface area contributed by atoms with E-state index in [1.54, 1.807) is 36.4 Å². The molecule has 26 heavy (non-hydrogen) atoms. The van der Waals surface area contributed by atoms with Crippen LogP contribution in [0, 0.1) is 21.4 Å². The lowest BCUT2D eigenvalue weighted by Gasteiger charge is -1.97. The molecule has 5 nitrogen and oxygen atoms in total. The molecule has 0 bridgehead atoms. The van der Waals surface area contributed by atoms with Gasteiger partial charge < -0.3 is 0 Å². The normalized spacial score (nSPS) is 10.6. The fourth-order valence-electron chi connectivity index (χ4n) is 2.33. The first-order valence-electron chi connectivity index (χ1n) is 7.64. The summed E-state index contributed by atoms with van der Waals surface area (Å²) >= 11 is 1.44. The van der Waals surface area contributed by atoms with Crippen LogP contribution in [0.5, 0.6) is 0 Å². The number of ketones is 1.